The van der Waals surface area contributed by atoms with E-state index >= 15 is 0 Å². The van der Waals surface area contributed by atoms with Crippen molar-refractivity contribution in [2.24, 2.45) is 0 Å². The number of hydrogen-bond acceptors (Lipinski definition) is 3. The van der Waals surface area contributed by atoms with Gasteiger partial charge in [-0.25, -0.2) is 0 Å². The Morgan fingerprint density at radius 1 is 1.29 bits per heavy atom. The van der Waals surface area contributed by atoms with Gasteiger partial charge >= 0.3 is 0 Å². The van der Waals surface area contributed by atoms with Crippen molar-refractivity contribution < 1.29 is 4.79 Å². The lowest BCUT2D eigenvalue weighted by Gasteiger charge is -2.22. The van der Waals surface area contributed by atoms with Crippen molar-refractivity contribution in [3.63, 3.8) is 0 Å². The van der Waals surface area contributed by atoms with Crippen LogP contribution in [0.4, 0.5) is 5.69 Å². The second kappa shape index (κ2) is 5.87. The molecule has 0 aliphatic carbocycles. The van der Waals surface area contributed by atoms with E-state index in [1.807, 2.05) is 24.0 Å². The molecule has 4 heteroatoms. The molecule has 1 atom stereocenters. The zero-order valence-electron chi connectivity index (χ0n) is 12.5. The molecule has 2 aliphatic rings. The van der Waals surface area contributed by atoms with E-state index < -0.39 is 0 Å². The molecule has 1 fully saturated rings. The van der Waals surface area contributed by atoms with Crippen molar-refractivity contribution in [3.05, 3.63) is 29.3 Å². The maximum atomic E-state index is 12.6. The first kappa shape index (κ1) is 14.1. The number of nitrogens with zero attached hydrogens (tertiary/aromatic N) is 3. The van der Waals surface area contributed by atoms with Crippen molar-refractivity contribution in [1.29, 1.82) is 5.26 Å². The maximum absolute atomic E-state index is 12.6. The molecule has 3 rings (SSSR count). The van der Waals surface area contributed by atoms with E-state index in [9.17, 15) is 4.79 Å². The standard InChI is InChI=1S/C17H21N3O/c1-13-4-5-16-15(12-13)14(6-7-18)17(21)20(16)11-10-19-8-2-3-9-19/h4-5,12,14H,2-3,6,8-11H2,1H3. The van der Waals surface area contributed by atoms with Crippen LogP contribution in [-0.4, -0.2) is 37.0 Å². The highest BCUT2D eigenvalue weighted by atomic mass is 16.2. The van der Waals surface area contributed by atoms with Crippen LogP contribution in [0.3, 0.4) is 0 Å². The topological polar surface area (TPSA) is 47.3 Å². The molecule has 1 saturated heterocycles. The fourth-order valence-electron chi connectivity index (χ4n) is 3.41. The van der Waals surface area contributed by atoms with E-state index in [0.717, 1.165) is 43.0 Å². The van der Waals surface area contributed by atoms with Crippen LogP contribution in [0.15, 0.2) is 18.2 Å². The second-order valence-corrected chi connectivity index (χ2v) is 6.02. The first-order chi connectivity index (χ1) is 10.2. The Morgan fingerprint density at radius 3 is 2.76 bits per heavy atom. The Bertz CT molecular complexity index is 584. The van der Waals surface area contributed by atoms with Crippen LogP contribution in [0.25, 0.3) is 0 Å². The summed E-state index contributed by atoms with van der Waals surface area (Å²) in [6.07, 6.45) is 2.80. The quantitative estimate of drug-likeness (QED) is 0.852. The number of rotatable bonds is 4. The highest BCUT2D eigenvalue weighted by molar-refractivity contribution is 6.05. The SMILES string of the molecule is Cc1ccc2c(c1)C(CC#N)C(=O)N2CCN1CCCC1. The van der Waals surface area contributed by atoms with Crippen LogP contribution >= 0.6 is 0 Å². The Kier molecular flexibility index (Phi) is 3.94. The molecule has 0 bridgehead atoms. The third kappa shape index (κ3) is 2.66. The predicted molar refractivity (Wildman–Crippen MR) is 82.2 cm³/mol. The number of amides is 1. The van der Waals surface area contributed by atoms with E-state index in [1.165, 1.54) is 12.8 Å². The zero-order chi connectivity index (χ0) is 14.8. The summed E-state index contributed by atoms with van der Waals surface area (Å²) in [6.45, 7) is 5.98. The molecule has 0 N–H and O–H groups in total. The number of carbonyl (C=O) groups excluding carboxylic acids is 1. The molecule has 110 valence electrons. The number of likely N-dealkylation sites (tertiary alicyclic amines) is 1. The maximum Gasteiger partial charge on any atom is 0.235 e. The summed E-state index contributed by atoms with van der Waals surface area (Å²) >= 11 is 0. The van der Waals surface area contributed by atoms with Crippen molar-refractivity contribution in [3.8, 4) is 6.07 Å². The van der Waals surface area contributed by atoms with Crippen LogP contribution in [0.5, 0.6) is 0 Å². The molecule has 21 heavy (non-hydrogen) atoms. The Balaban J connectivity index is 1.81. The summed E-state index contributed by atoms with van der Waals surface area (Å²) in [5.74, 6) is -0.181. The van der Waals surface area contributed by atoms with Gasteiger partial charge in [0.1, 0.15) is 0 Å². The van der Waals surface area contributed by atoms with Gasteiger partial charge in [0.05, 0.1) is 18.4 Å². The third-order valence-corrected chi connectivity index (χ3v) is 4.55. The summed E-state index contributed by atoms with van der Waals surface area (Å²) in [5.41, 5.74) is 3.18. The van der Waals surface area contributed by atoms with Crippen molar-refractivity contribution in [2.75, 3.05) is 31.1 Å². The van der Waals surface area contributed by atoms with Gasteiger partial charge in [-0.05, 0) is 44.5 Å². The summed E-state index contributed by atoms with van der Waals surface area (Å²) in [5, 5.41) is 9.00. The first-order valence-electron chi connectivity index (χ1n) is 7.72. The molecule has 0 spiro atoms. The van der Waals surface area contributed by atoms with Gasteiger partial charge in [-0.3, -0.25) is 4.79 Å². The van der Waals surface area contributed by atoms with Gasteiger partial charge in [-0.1, -0.05) is 17.7 Å². The smallest absolute Gasteiger partial charge is 0.235 e. The highest BCUT2D eigenvalue weighted by Gasteiger charge is 2.37. The highest BCUT2D eigenvalue weighted by Crippen LogP contribution is 2.39. The molecule has 1 unspecified atom stereocenters. The van der Waals surface area contributed by atoms with E-state index in [2.05, 4.69) is 17.0 Å². The number of aryl methyl sites for hydroxylation is 1. The summed E-state index contributed by atoms with van der Waals surface area (Å²) < 4.78 is 0. The first-order valence-corrected chi connectivity index (χ1v) is 7.72. The number of fused-ring (bicyclic) bond motifs is 1. The molecule has 4 nitrogen and oxygen atoms in total. The average Bonchev–Trinajstić information content (AvgIpc) is 3.06. The fourth-order valence-corrected chi connectivity index (χ4v) is 3.41. The number of benzene rings is 1. The Hall–Kier alpha value is -1.86. The lowest BCUT2D eigenvalue weighted by molar-refractivity contribution is -0.119. The predicted octanol–water partition coefficient (Wildman–Crippen LogP) is 2.43. The zero-order valence-corrected chi connectivity index (χ0v) is 12.5. The molecule has 1 amide bonds. The van der Waals surface area contributed by atoms with Gasteiger partial charge in [0.25, 0.3) is 0 Å². The molecule has 2 heterocycles. The van der Waals surface area contributed by atoms with Gasteiger partial charge in [-0.2, -0.15) is 5.26 Å². The van der Waals surface area contributed by atoms with Gasteiger partial charge in [0, 0.05) is 18.8 Å². The molecule has 2 aliphatic heterocycles. The summed E-state index contributed by atoms with van der Waals surface area (Å²) in [6, 6.07) is 8.30. The van der Waals surface area contributed by atoms with Gasteiger partial charge < -0.3 is 9.80 Å². The molecule has 1 aromatic carbocycles. The van der Waals surface area contributed by atoms with Crippen LogP contribution in [0, 0.1) is 18.3 Å². The fraction of sp³-hybridized carbons (Fsp3) is 0.529. The summed E-state index contributed by atoms with van der Waals surface area (Å²) in [4.78, 5) is 16.9. The van der Waals surface area contributed by atoms with Gasteiger partial charge in [0.15, 0.2) is 0 Å². The Labute approximate surface area is 126 Å². The van der Waals surface area contributed by atoms with Gasteiger partial charge in [-0.15, -0.1) is 0 Å². The number of nitriles is 1. The van der Waals surface area contributed by atoms with Crippen molar-refractivity contribution in [2.45, 2.75) is 32.1 Å². The normalized spacial score (nSPS) is 21.6. The largest absolute Gasteiger partial charge is 0.310 e. The van der Waals surface area contributed by atoms with Crippen LogP contribution in [0.1, 0.15) is 36.3 Å². The van der Waals surface area contributed by atoms with Crippen LogP contribution in [0.2, 0.25) is 0 Å². The Morgan fingerprint density at radius 2 is 2.05 bits per heavy atom. The summed E-state index contributed by atoms with van der Waals surface area (Å²) in [7, 11) is 0. The number of carbonyl (C=O) groups is 1. The number of hydrogen-bond donors (Lipinski definition) is 0. The van der Waals surface area contributed by atoms with Crippen LogP contribution in [-0.2, 0) is 4.79 Å². The van der Waals surface area contributed by atoms with E-state index in [-0.39, 0.29) is 18.2 Å². The second-order valence-electron chi connectivity index (χ2n) is 6.02. The van der Waals surface area contributed by atoms with Crippen molar-refractivity contribution in [1.82, 2.24) is 4.90 Å². The number of anilines is 1. The minimum Gasteiger partial charge on any atom is -0.310 e. The molecule has 1 aromatic rings. The molecule has 0 saturated carbocycles. The van der Waals surface area contributed by atoms with E-state index in [0.29, 0.717) is 0 Å². The average molecular weight is 283 g/mol. The van der Waals surface area contributed by atoms with Gasteiger partial charge in [0.2, 0.25) is 5.91 Å². The van der Waals surface area contributed by atoms with E-state index in [4.69, 9.17) is 5.26 Å². The molecular formula is C17H21N3O. The monoisotopic (exact) mass is 283 g/mol. The molecular weight excluding hydrogens is 262 g/mol. The van der Waals surface area contributed by atoms with Crippen molar-refractivity contribution >= 4 is 11.6 Å². The van der Waals surface area contributed by atoms with E-state index in [1.54, 1.807) is 0 Å². The minimum atomic E-state index is -0.275. The lowest BCUT2D eigenvalue weighted by atomic mass is 9.96. The third-order valence-electron chi connectivity index (χ3n) is 4.55. The van der Waals surface area contributed by atoms with Crippen LogP contribution < -0.4 is 4.90 Å². The minimum absolute atomic E-state index is 0.0938. The lowest BCUT2D eigenvalue weighted by Crippen LogP contribution is -2.36. The molecule has 0 radical (unpaired) electrons. The molecule has 0 aromatic heterocycles.